The molecule has 0 aliphatic heterocycles. The van der Waals surface area contributed by atoms with E-state index in [1.165, 1.54) is 55.4 Å². The van der Waals surface area contributed by atoms with E-state index in [-0.39, 0.29) is 11.6 Å². The highest BCUT2D eigenvalue weighted by molar-refractivity contribution is 7.18. The molecule has 0 bridgehead atoms. The van der Waals surface area contributed by atoms with Crippen LogP contribution >= 0.6 is 11.3 Å². The second-order valence-electron chi connectivity index (χ2n) is 7.57. The molecule has 0 unspecified atom stereocenters. The minimum absolute atomic E-state index is 0.125. The number of fused-ring (bicyclic) bond motifs is 3. The predicted octanol–water partition coefficient (Wildman–Crippen LogP) is 4.66. The van der Waals surface area contributed by atoms with Crippen LogP contribution in [0.3, 0.4) is 0 Å². The SMILES string of the molecule is CC(C)n1c(NC2CCCCC2)nc2sc3c(c2c1=O)CCCC3. The molecule has 1 fully saturated rings. The van der Waals surface area contributed by atoms with Gasteiger partial charge in [-0.15, -0.1) is 11.3 Å². The zero-order valence-electron chi connectivity index (χ0n) is 14.7. The molecule has 4 rings (SSSR count). The van der Waals surface area contributed by atoms with Gasteiger partial charge in [-0.05, 0) is 57.9 Å². The quantitative estimate of drug-likeness (QED) is 0.880. The second-order valence-corrected chi connectivity index (χ2v) is 8.66. The van der Waals surface area contributed by atoms with Crippen molar-refractivity contribution in [2.75, 3.05) is 5.32 Å². The molecule has 0 radical (unpaired) electrons. The lowest BCUT2D eigenvalue weighted by Gasteiger charge is -2.25. The average molecular weight is 346 g/mol. The Labute approximate surface area is 147 Å². The molecule has 0 saturated heterocycles. The fourth-order valence-electron chi connectivity index (χ4n) is 4.23. The first kappa shape index (κ1) is 16.1. The normalized spacial score (nSPS) is 19.0. The van der Waals surface area contributed by atoms with Gasteiger partial charge in [0.15, 0.2) is 0 Å². The molecule has 2 aromatic rings. The van der Waals surface area contributed by atoms with Gasteiger partial charge in [-0.25, -0.2) is 4.98 Å². The highest BCUT2D eigenvalue weighted by Gasteiger charge is 2.24. The number of nitrogens with one attached hydrogen (secondary N) is 1. The number of aromatic nitrogens is 2. The highest BCUT2D eigenvalue weighted by atomic mass is 32.1. The molecule has 2 aromatic heterocycles. The first-order valence-corrected chi connectivity index (χ1v) is 10.3. The van der Waals surface area contributed by atoms with Crippen LogP contribution in [0.25, 0.3) is 10.2 Å². The summed E-state index contributed by atoms with van der Waals surface area (Å²) >= 11 is 1.75. The van der Waals surface area contributed by atoms with Crippen molar-refractivity contribution in [1.82, 2.24) is 9.55 Å². The topological polar surface area (TPSA) is 46.9 Å². The molecule has 2 aliphatic carbocycles. The van der Waals surface area contributed by atoms with Gasteiger partial charge in [-0.1, -0.05) is 19.3 Å². The first-order chi connectivity index (χ1) is 11.6. The van der Waals surface area contributed by atoms with E-state index in [0.717, 1.165) is 29.0 Å². The van der Waals surface area contributed by atoms with E-state index in [1.54, 1.807) is 11.3 Å². The fraction of sp³-hybridized carbons (Fsp3) is 0.684. The Hall–Kier alpha value is -1.36. The summed E-state index contributed by atoms with van der Waals surface area (Å²) in [5.74, 6) is 0.785. The molecule has 0 atom stereocenters. The van der Waals surface area contributed by atoms with Crippen LogP contribution in [-0.2, 0) is 12.8 Å². The number of hydrogen-bond donors (Lipinski definition) is 1. The van der Waals surface area contributed by atoms with Crippen molar-refractivity contribution >= 4 is 27.5 Å². The number of anilines is 1. The Balaban J connectivity index is 1.83. The van der Waals surface area contributed by atoms with Crippen LogP contribution in [0.1, 0.15) is 75.3 Å². The lowest BCUT2D eigenvalue weighted by molar-refractivity contribution is 0.455. The van der Waals surface area contributed by atoms with Gasteiger partial charge < -0.3 is 5.32 Å². The Bertz CT molecular complexity index is 799. The van der Waals surface area contributed by atoms with Crippen LogP contribution in [0.2, 0.25) is 0 Å². The molecule has 4 nitrogen and oxygen atoms in total. The molecule has 0 aromatic carbocycles. The third kappa shape index (κ3) is 2.77. The van der Waals surface area contributed by atoms with E-state index in [9.17, 15) is 4.79 Å². The van der Waals surface area contributed by atoms with E-state index in [4.69, 9.17) is 4.98 Å². The zero-order chi connectivity index (χ0) is 16.7. The second kappa shape index (κ2) is 6.51. The smallest absolute Gasteiger partial charge is 0.264 e. The van der Waals surface area contributed by atoms with E-state index in [1.807, 2.05) is 4.57 Å². The van der Waals surface area contributed by atoms with Crippen molar-refractivity contribution in [2.24, 2.45) is 0 Å². The summed E-state index contributed by atoms with van der Waals surface area (Å²) in [6.45, 7) is 4.17. The predicted molar refractivity (Wildman–Crippen MR) is 101 cm³/mol. The van der Waals surface area contributed by atoms with Crippen molar-refractivity contribution in [3.05, 3.63) is 20.8 Å². The number of rotatable bonds is 3. The zero-order valence-corrected chi connectivity index (χ0v) is 15.5. The molecule has 130 valence electrons. The van der Waals surface area contributed by atoms with Crippen LogP contribution in [0.15, 0.2) is 4.79 Å². The first-order valence-electron chi connectivity index (χ1n) is 9.48. The molecule has 0 amide bonds. The summed E-state index contributed by atoms with van der Waals surface area (Å²) in [6.07, 6.45) is 10.9. The largest absolute Gasteiger partial charge is 0.353 e. The van der Waals surface area contributed by atoms with Crippen LogP contribution in [0, 0.1) is 0 Å². The maximum absolute atomic E-state index is 13.3. The molecule has 2 aliphatic rings. The molecule has 0 spiro atoms. The summed E-state index contributed by atoms with van der Waals surface area (Å²) < 4.78 is 1.89. The molecule has 2 heterocycles. The maximum Gasteiger partial charge on any atom is 0.264 e. The molecular weight excluding hydrogens is 318 g/mol. The average Bonchev–Trinajstić information content (AvgIpc) is 2.94. The third-order valence-electron chi connectivity index (χ3n) is 5.48. The molecule has 1 N–H and O–H groups in total. The van der Waals surface area contributed by atoms with Crippen LogP contribution < -0.4 is 10.9 Å². The van der Waals surface area contributed by atoms with Gasteiger partial charge in [0.2, 0.25) is 5.95 Å². The van der Waals surface area contributed by atoms with E-state index in [2.05, 4.69) is 19.2 Å². The maximum atomic E-state index is 13.3. The summed E-state index contributed by atoms with van der Waals surface area (Å²) in [5.41, 5.74) is 1.45. The minimum Gasteiger partial charge on any atom is -0.353 e. The monoisotopic (exact) mass is 345 g/mol. The highest BCUT2D eigenvalue weighted by Crippen LogP contribution is 2.35. The van der Waals surface area contributed by atoms with Gasteiger partial charge in [-0.2, -0.15) is 0 Å². The molecule has 1 saturated carbocycles. The van der Waals surface area contributed by atoms with Gasteiger partial charge in [0.25, 0.3) is 5.56 Å². The standard InChI is InChI=1S/C19H27N3OS/c1-12(2)22-18(23)16-14-10-6-7-11-15(14)24-17(16)21-19(22)20-13-8-4-3-5-9-13/h12-13H,3-11H2,1-2H3,(H,20,21). The lowest BCUT2D eigenvalue weighted by Crippen LogP contribution is -2.31. The van der Waals surface area contributed by atoms with Crippen molar-refractivity contribution < 1.29 is 0 Å². The van der Waals surface area contributed by atoms with Crippen molar-refractivity contribution in [1.29, 1.82) is 0 Å². The lowest BCUT2D eigenvalue weighted by atomic mass is 9.95. The summed E-state index contributed by atoms with van der Waals surface area (Å²) in [7, 11) is 0. The Kier molecular flexibility index (Phi) is 4.37. The van der Waals surface area contributed by atoms with E-state index in [0.29, 0.717) is 6.04 Å². The third-order valence-corrected chi connectivity index (χ3v) is 6.66. The number of thiophene rings is 1. The summed E-state index contributed by atoms with van der Waals surface area (Å²) in [5, 5.41) is 4.50. The Morgan fingerprint density at radius 3 is 2.62 bits per heavy atom. The van der Waals surface area contributed by atoms with Gasteiger partial charge >= 0.3 is 0 Å². The van der Waals surface area contributed by atoms with Crippen molar-refractivity contribution in [3.63, 3.8) is 0 Å². The van der Waals surface area contributed by atoms with Gasteiger partial charge in [0.05, 0.1) is 5.39 Å². The van der Waals surface area contributed by atoms with Crippen LogP contribution in [0.5, 0.6) is 0 Å². The fourth-order valence-corrected chi connectivity index (χ4v) is 5.48. The Morgan fingerprint density at radius 1 is 1.12 bits per heavy atom. The molecular formula is C19H27N3OS. The van der Waals surface area contributed by atoms with Crippen molar-refractivity contribution in [3.8, 4) is 0 Å². The molecule has 24 heavy (non-hydrogen) atoms. The van der Waals surface area contributed by atoms with Gasteiger partial charge in [-0.3, -0.25) is 9.36 Å². The number of hydrogen-bond acceptors (Lipinski definition) is 4. The summed E-state index contributed by atoms with van der Waals surface area (Å²) in [4.78, 5) is 20.5. The van der Waals surface area contributed by atoms with E-state index >= 15 is 0 Å². The molecule has 5 heteroatoms. The van der Waals surface area contributed by atoms with Gasteiger partial charge in [0, 0.05) is 17.0 Å². The summed E-state index contributed by atoms with van der Waals surface area (Å²) in [6, 6.07) is 0.585. The Morgan fingerprint density at radius 2 is 1.88 bits per heavy atom. The van der Waals surface area contributed by atoms with Crippen LogP contribution in [-0.4, -0.2) is 15.6 Å². The van der Waals surface area contributed by atoms with Crippen molar-refractivity contribution in [2.45, 2.75) is 83.7 Å². The number of nitrogens with zero attached hydrogens (tertiary/aromatic N) is 2. The van der Waals surface area contributed by atoms with Crippen LogP contribution in [0.4, 0.5) is 5.95 Å². The number of aryl methyl sites for hydroxylation is 2. The van der Waals surface area contributed by atoms with Gasteiger partial charge in [0.1, 0.15) is 4.83 Å². The van der Waals surface area contributed by atoms with E-state index < -0.39 is 0 Å². The minimum atomic E-state index is 0.125.